The second kappa shape index (κ2) is 8.72. The molecule has 0 aliphatic carbocycles. The van der Waals surface area contributed by atoms with Gasteiger partial charge in [0.15, 0.2) is 9.84 Å². The first-order valence-corrected chi connectivity index (χ1v) is 9.65. The number of nitrogens with one attached hydrogen (secondary N) is 1. The number of carbonyl (C=O) groups is 2. The third-order valence-electron chi connectivity index (χ3n) is 3.86. The van der Waals surface area contributed by atoms with Crippen LogP contribution in [0.25, 0.3) is 0 Å². The first-order chi connectivity index (χ1) is 12.7. The average Bonchev–Trinajstić information content (AvgIpc) is 2.62. The number of halogens is 2. The van der Waals surface area contributed by atoms with E-state index in [-0.39, 0.29) is 11.3 Å². The molecule has 0 saturated heterocycles. The van der Waals surface area contributed by atoms with E-state index in [2.05, 4.69) is 5.32 Å². The largest absolute Gasteiger partial charge is 0.368 e. The van der Waals surface area contributed by atoms with E-state index in [1.807, 2.05) is 0 Å². The summed E-state index contributed by atoms with van der Waals surface area (Å²) in [6.07, 6.45) is -0.911. The standard InChI is InChI=1S/C18H18F2N2O4S/c19-14-7-4-8-15(20)13(14)11-17(23)22-16(18(21)24)9-10-27(25,26)12-5-2-1-3-6-12/h1-8,16H,9-11H2,(H2,21,24)(H,22,23)/t16-/m0/s1. The van der Waals surface area contributed by atoms with Gasteiger partial charge < -0.3 is 11.1 Å². The summed E-state index contributed by atoms with van der Waals surface area (Å²) in [6, 6.07) is 9.48. The molecule has 6 nitrogen and oxygen atoms in total. The maximum absolute atomic E-state index is 13.6. The summed E-state index contributed by atoms with van der Waals surface area (Å²) < 4.78 is 51.7. The lowest BCUT2D eigenvalue weighted by Crippen LogP contribution is -2.46. The van der Waals surface area contributed by atoms with Crippen LogP contribution in [0.4, 0.5) is 8.78 Å². The van der Waals surface area contributed by atoms with Crippen LogP contribution < -0.4 is 11.1 Å². The van der Waals surface area contributed by atoms with Crippen molar-refractivity contribution in [3.63, 3.8) is 0 Å². The number of sulfone groups is 1. The van der Waals surface area contributed by atoms with Crippen molar-refractivity contribution in [1.82, 2.24) is 5.32 Å². The third kappa shape index (κ3) is 5.58. The van der Waals surface area contributed by atoms with E-state index in [0.29, 0.717) is 0 Å². The molecule has 27 heavy (non-hydrogen) atoms. The first-order valence-electron chi connectivity index (χ1n) is 8.00. The molecule has 0 aromatic heterocycles. The first kappa shape index (κ1) is 20.5. The molecule has 0 bridgehead atoms. The molecule has 9 heteroatoms. The number of rotatable bonds is 8. The van der Waals surface area contributed by atoms with Crippen molar-refractivity contribution in [1.29, 1.82) is 0 Å². The minimum absolute atomic E-state index is 0.0768. The smallest absolute Gasteiger partial charge is 0.240 e. The molecule has 0 aliphatic rings. The van der Waals surface area contributed by atoms with Crippen molar-refractivity contribution >= 4 is 21.7 Å². The number of hydrogen-bond acceptors (Lipinski definition) is 4. The van der Waals surface area contributed by atoms with Gasteiger partial charge in [0.05, 0.1) is 17.1 Å². The van der Waals surface area contributed by atoms with Crippen LogP contribution >= 0.6 is 0 Å². The van der Waals surface area contributed by atoms with E-state index in [0.717, 1.165) is 18.2 Å². The van der Waals surface area contributed by atoms with Crippen LogP contribution in [-0.2, 0) is 25.8 Å². The van der Waals surface area contributed by atoms with Crippen LogP contribution in [0.5, 0.6) is 0 Å². The van der Waals surface area contributed by atoms with Gasteiger partial charge in [0, 0.05) is 5.56 Å². The van der Waals surface area contributed by atoms with E-state index in [1.54, 1.807) is 18.2 Å². The normalized spacial score (nSPS) is 12.4. The highest BCUT2D eigenvalue weighted by atomic mass is 32.2. The Morgan fingerprint density at radius 3 is 2.15 bits per heavy atom. The van der Waals surface area contributed by atoms with Crippen LogP contribution in [0.15, 0.2) is 53.4 Å². The molecule has 2 aromatic carbocycles. The number of amides is 2. The Bertz CT molecular complexity index is 913. The third-order valence-corrected chi connectivity index (χ3v) is 5.62. The van der Waals surface area contributed by atoms with E-state index >= 15 is 0 Å². The summed E-state index contributed by atoms with van der Waals surface area (Å²) >= 11 is 0. The fourth-order valence-corrected chi connectivity index (χ4v) is 3.76. The highest BCUT2D eigenvalue weighted by Crippen LogP contribution is 2.14. The van der Waals surface area contributed by atoms with Crippen molar-refractivity contribution in [2.75, 3.05) is 5.75 Å². The minimum Gasteiger partial charge on any atom is -0.368 e. The minimum atomic E-state index is -3.68. The maximum Gasteiger partial charge on any atom is 0.240 e. The molecule has 1 atom stereocenters. The predicted molar refractivity (Wildman–Crippen MR) is 94.3 cm³/mol. The summed E-state index contributed by atoms with van der Waals surface area (Å²) in [5.41, 5.74) is 4.76. The van der Waals surface area contributed by atoms with Crippen LogP contribution in [0.3, 0.4) is 0 Å². The number of benzene rings is 2. The van der Waals surface area contributed by atoms with E-state index in [9.17, 15) is 26.8 Å². The summed E-state index contributed by atoms with van der Waals surface area (Å²) in [6.45, 7) is 0. The Morgan fingerprint density at radius 2 is 1.59 bits per heavy atom. The summed E-state index contributed by atoms with van der Waals surface area (Å²) in [5.74, 6) is -4.01. The zero-order valence-electron chi connectivity index (χ0n) is 14.2. The van der Waals surface area contributed by atoms with Crippen molar-refractivity contribution < 1.29 is 26.8 Å². The molecule has 0 fully saturated rings. The van der Waals surface area contributed by atoms with Crippen molar-refractivity contribution in [2.45, 2.75) is 23.8 Å². The lowest BCUT2D eigenvalue weighted by molar-refractivity contribution is -0.127. The molecule has 2 aromatic rings. The monoisotopic (exact) mass is 396 g/mol. The second-order valence-electron chi connectivity index (χ2n) is 5.82. The van der Waals surface area contributed by atoms with Gasteiger partial charge in [0.1, 0.15) is 17.7 Å². The summed E-state index contributed by atoms with van der Waals surface area (Å²) in [4.78, 5) is 23.6. The van der Waals surface area contributed by atoms with Gasteiger partial charge in [-0.1, -0.05) is 24.3 Å². The van der Waals surface area contributed by atoms with Crippen LogP contribution in [0.1, 0.15) is 12.0 Å². The SMILES string of the molecule is NC(=O)[C@H](CCS(=O)(=O)c1ccccc1)NC(=O)Cc1c(F)cccc1F. The Labute approximate surface area is 155 Å². The van der Waals surface area contributed by atoms with Crippen LogP contribution in [-0.4, -0.2) is 32.0 Å². The summed E-state index contributed by atoms with van der Waals surface area (Å²) in [7, 11) is -3.68. The zero-order chi connectivity index (χ0) is 20.0. The highest BCUT2D eigenvalue weighted by molar-refractivity contribution is 7.91. The van der Waals surface area contributed by atoms with E-state index in [1.165, 1.54) is 12.1 Å². The van der Waals surface area contributed by atoms with Gasteiger partial charge in [-0.05, 0) is 30.7 Å². The molecule has 144 valence electrons. The molecule has 0 spiro atoms. The molecule has 0 heterocycles. The quantitative estimate of drug-likeness (QED) is 0.702. The highest BCUT2D eigenvalue weighted by Gasteiger charge is 2.23. The molecular weight excluding hydrogens is 378 g/mol. The van der Waals surface area contributed by atoms with Gasteiger partial charge >= 0.3 is 0 Å². The van der Waals surface area contributed by atoms with Gasteiger partial charge in [-0.3, -0.25) is 9.59 Å². The Balaban J connectivity index is 2.03. The Hall–Kier alpha value is -2.81. The Morgan fingerprint density at radius 1 is 1.00 bits per heavy atom. The molecule has 2 amide bonds. The van der Waals surface area contributed by atoms with E-state index in [4.69, 9.17) is 5.73 Å². The number of carbonyl (C=O) groups excluding carboxylic acids is 2. The molecular formula is C18H18F2N2O4S. The lowest BCUT2D eigenvalue weighted by Gasteiger charge is -2.16. The molecule has 0 radical (unpaired) electrons. The molecule has 2 rings (SSSR count). The van der Waals surface area contributed by atoms with Gasteiger partial charge in [0.25, 0.3) is 0 Å². The van der Waals surface area contributed by atoms with Gasteiger partial charge in [-0.15, -0.1) is 0 Å². The Kier molecular flexibility index (Phi) is 6.62. The predicted octanol–water partition coefficient (Wildman–Crippen LogP) is 1.34. The van der Waals surface area contributed by atoms with Gasteiger partial charge in [-0.25, -0.2) is 17.2 Å². The lowest BCUT2D eigenvalue weighted by atomic mass is 10.1. The number of primary amides is 1. The topological polar surface area (TPSA) is 106 Å². The van der Waals surface area contributed by atoms with Crippen LogP contribution in [0, 0.1) is 11.6 Å². The fourth-order valence-electron chi connectivity index (χ4n) is 2.41. The number of hydrogen-bond donors (Lipinski definition) is 2. The van der Waals surface area contributed by atoms with Crippen molar-refractivity contribution in [3.05, 3.63) is 65.7 Å². The molecule has 3 N–H and O–H groups in total. The number of nitrogens with two attached hydrogens (primary N) is 1. The van der Waals surface area contributed by atoms with E-state index < -0.39 is 57.1 Å². The van der Waals surface area contributed by atoms with Crippen molar-refractivity contribution in [3.8, 4) is 0 Å². The van der Waals surface area contributed by atoms with Crippen LogP contribution in [0.2, 0.25) is 0 Å². The fraction of sp³-hybridized carbons (Fsp3) is 0.222. The zero-order valence-corrected chi connectivity index (χ0v) is 15.0. The van der Waals surface area contributed by atoms with Gasteiger partial charge in [-0.2, -0.15) is 0 Å². The second-order valence-corrected chi connectivity index (χ2v) is 7.93. The summed E-state index contributed by atoms with van der Waals surface area (Å²) in [5, 5.41) is 2.23. The average molecular weight is 396 g/mol. The molecule has 0 unspecified atom stereocenters. The molecule has 0 saturated carbocycles. The van der Waals surface area contributed by atoms with Gasteiger partial charge in [0.2, 0.25) is 11.8 Å². The maximum atomic E-state index is 13.6. The molecule has 0 aliphatic heterocycles. The van der Waals surface area contributed by atoms with Crippen molar-refractivity contribution in [2.24, 2.45) is 5.73 Å².